The number of barbiturate groups is 1. The molecule has 1 atom stereocenters. The van der Waals surface area contributed by atoms with E-state index >= 15 is 0 Å². The summed E-state index contributed by atoms with van der Waals surface area (Å²) in [5.74, 6) is 1.24. The van der Waals surface area contributed by atoms with Crippen molar-refractivity contribution in [3.8, 4) is 0 Å². The van der Waals surface area contributed by atoms with Crippen molar-refractivity contribution in [2.75, 3.05) is 11.5 Å². The third kappa shape index (κ3) is 2.38. The number of imide groups is 2. The van der Waals surface area contributed by atoms with Gasteiger partial charge < -0.3 is 0 Å². The van der Waals surface area contributed by atoms with Gasteiger partial charge in [-0.25, -0.2) is 4.79 Å². The molecule has 2 fully saturated rings. The van der Waals surface area contributed by atoms with Gasteiger partial charge in [-0.2, -0.15) is 11.8 Å². The van der Waals surface area contributed by atoms with Crippen LogP contribution in [0, 0.1) is 5.41 Å². The third-order valence-corrected chi connectivity index (χ3v) is 4.97. The van der Waals surface area contributed by atoms with E-state index in [4.69, 9.17) is 0 Å². The van der Waals surface area contributed by atoms with Crippen LogP contribution in [0.15, 0.2) is 0 Å². The lowest BCUT2D eigenvalue weighted by Gasteiger charge is -2.46. The number of carbonyl (C=O) groups excluding carboxylic acids is 3. The van der Waals surface area contributed by atoms with Crippen LogP contribution in [0.1, 0.15) is 39.5 Å². The summed E-state index contributed by atoms with van der Waals surface area (Å²) in [6, 6.07) is -0.710. The van der Waals surface area contributed by atoms with Gasteiger partial charge in [0.2, 0.25) is 11.8 Å². The van der Waals surface area contributed by atoms with Crippen LogP contribution in [-0.4, -0.2) is 40.3 Å². The second kappa shape index (κ2) is 5.53. The topological polar surface area (TPSA) is 66.5 Å². The molecule has 1 saturated carbocycles. The van der Waals surface area contributed by atoms with E-state index < -0.39 is 17.4 Å². The molecular weight excluding hydrogens is 264 g/mol. The smallest absolute Gasteiger partial charge is 0.277 e. The summed E-state index contributed by atoms with van der Waals surface area (Å²) in [7, 11) is 0. The Labute approximate surface area is 117 Å². The largest absolute Gasteiger partial charge is 0.331 e. The Balaban J connectivity index is 2.08. The minimum Gasteiger partial charge on any atom is -0.277 e. The fraction of sp³-hybridized carbons (Fsp3) is 0.769. The molecule has 0 aromatic carbocycles. The molecule has 4 amide bonds. The predicted molar refractivity (Wildman–Crippen MR) is 73.7 cm³/mol. The average Bonchev–Trinajstić information content (AvgIpc) is 2.26. The Hall–Kier alpha value is -1.04. The van der Waals surface area contributed by atoms with Gasteiger partial charge in [-0.15, -0.1) is 0 Å². The molecule has 106 valence electrons. The number of hydrogen-bond acceptors (Lipinski definition) is 4. The summed E-state index contributed by atoms with van der Waals surface area (Å²) in [5.41, 5.74) is -0.944. The monoisotopic (exact) mass is 284 g/mol. The van der Waals surface area contributed by atoms with Crippen LogP contribution < -0.4 is 5.32 Å². The van der Waals surface area contributed by atoms with E-state index in [2.05, 4.69) is 12.2 Å². The molecule has 1 heterocycles. The second-order valence-corrected chi connectivity index (χ2v) is 6.60. The first-order valence-electron chi connectivity index (χ1n) is 6.79. The van der Waals surface area contributed by atoms with E-state index in [9.17, 15) is 14.4 Å². The van der Waals surface area contributed by atoms with Gasteiger partial charge in [0, 0.05) is 6.04 Å². The zero-order chi connectivity index (χ0) is 14.0. The van der Waals surface area contributed by atoms with Crippen LogP contribution in [0.2, 0.25) is 0 Å². The van der Waals surface area contributed by atoms with Crippen molar-refractivity contribution in [1.82, 2.24) is 10.2 Å². The van der Waals surface area contributed by atoms with Gasteiger partial charge in [0.15, 0.2) is 0 Å². The normalized spacial score (nSPS) is 23.3. The predicted octanol–water partition coefficient (Wildman–Crippen LogP) is 1.77. The summed E-state index contributed by atoms with van der Waals surface area (Å²) in [5, 5.41) is 2.34. The molecule has 1 saturated heterocycles. The fourth-order valence-corrected chi connectivity index (χ4v) is 3.39. The highest BCUT2D eigenvalue weighted by Crippen LogP contribution is 2.44. The number of carbonyl (C=O) groups is 3. The number of urea groups is 1. The molecule has 2 rings (SSSR count). The zero-order valence-electron chi connectivity index (χ0n) is 11.4. The molecule has 6 heteroatoms. The summed E-state index contributed by atoms with van der Waals surface area (Å²) >= 11 is 1.79. The highest BCUT2D eigenvalue weighted by Gasteiger charge is 2.57. The van der Waals surface area contributed by atoms with Gasteiger partial charge in [0.05, 0.1) is 0 Å². The Kier molecular flexibility index (Phi) is 4.18. The van der Waals surface area contributed by atoms with Crippen molar-refractivity contribution in [2.45, 2.75) is 45.6 Å². The SMILES string of the molecule is CCSCCC(C)N1C(=O)NC(=O)C2(CCC2)C1=O. The van der Waals surface area contributed by atoms with E-state index in [-0.39, 0.29) is 11.9 Å². The first-order valence-corrected chi connectivity index (χ1v) is 7.95. The Morgan fingerprint density at radius 3 is 2.58 bits per heavy atom. The average molecular weight is 284 g/mol. The van der Waals surface area contributed by atoms with E-state index in [1.807, 2.05) is 6.92 Å². The minimum absolute atomic E-state index is 0.155. The molecule has 1 spiro atoms. The number of thioether (sulfide) groups is 1. The van der Waals surface area contributed by atoms with Crippen LogP contribution in [0.4, 0.5) is 4.79 Å². The number of nitrogens with zero attached hydrogens (tertiary/aromatic N) is 1. The molecule has 1 aliphatic heterocycles. The molecule has 0 bridgehead atoms. The molecule has 1 N–H and O–H groups in total. The molecule has 0 aromatic rings. The third-order valence-electron chi connectivity index (χ3n) is 4.03. The summed E-state index contributed by atoms with van der Waals surface area (Å²) in [6.45, 7) is 3.95. The molecule has 0 aromatic heterocycles. The standard InChI is InChI=1S/C13H20N2O3S/c1-3-19-8-5-9(2)15-11(17)13(6-4-7-13)10(16)14-12(15)18/h9H,3-8H2,1-2H3,(H,14,16,18). The maximum atomic E-state index is 12.5. The van der Waals surface area contributed by atoms with Crippen LogP contribution in [0.25, 0.3) is 0 Å². The van der Waals surface area contributed by atoms with Crippen molar-refractivity contribution < 1.29 is 14.4 Å². The number of nitrogens with one attached hydrogen (secondary N) is 1. The molecule has 19 heavy (non-hydrogen) atoms. The van der Waals surface area contributed by atoms with E-state index in [0.717, 1.165) is 24.3 Å². The maximum absolute atomic E-state index is 12.5. The Bertz CT molecular complexity index is 407. The molecule has 1 unspecified atom stereocenters. The van der Waals surface area contributed by atoms with Crippen molar-refractivity contribution in [2.24, 2.45) is 5.41 Å². The second-order valence-electron chi connectivity index (χ2n) is 5.20. The zero-order valence-corrected chi connectivity index (χ0v) is 12.2. The number of amides is 4. The van der Waals surface area contributed by atoms with Gasteiger partial charge >= 0.3 is 6.03 Å². The lowest BCUT2D eigenvalue weighted by atomic mass is 9.66. The summed E-state index contributed by atoms with van der Waals surface area (Å²) in [4.78, 5) is 37.5. The van der Waals surface area contributed by atoms with Crippen molar-refractivity contribution in [3.05, 3.63) is 0 Å². The first kappa shape index (κ1) is 14.4. The number of hydrogen-bond donors (Lipinski definition) is 1. The van der Waals surface area contributed by atoms with Crippen LogP contribution in [0.5, 0.6) is 0 Å². The highest BCUT2D eigenvalue weighted by atomic mass is 32.2. The van der Waals surface area contributed by atoms with E-state index in [1.165, 1.54) is 4.90 Å². The Morgan fingerprint density at radius 1 is 1.37 bits per heavy atom. The van der Waals surface area contributed by atoms with Gasteiger partial charge in [0.25, 0.3) is 0 Å². The molecule has 0 radical (unpaired) electrons. The lowest BCUT2D eigenvalue weighted by Crippen LogP contribution is -2.67. The minimum atomic E-state index is -0.944. The lowest BCUT2D eigenvalue weighted by molar-refractivity contribution is -0.158. The van der Waals surface area contributed by atoms with Gasteiger partial charge in [-0.3, -0.25) is 19.8 Å². The molecular formula is C13H20N2O3S. The summed E-state index contributed by atoms with van der Waals surface area (Å²) in [6.07, 6.45) is 2.78. The maximum Gasteiger partial charge on any atom is 0.331 e. The number of rotatable bonds is 5. The van der Waals surface area contributed by atoms with Crippen LogP contribution in [0.3, 0.4) is 0 Å². The Morgan fingerprint density at radius 2 is 2.05 bits per heavy atom. The van der Waals surface area contributed by atoms with Crippen LogP contribution in [-0.2, 0) is 9.59 Å². The molecule has 1 aliphatic carbocycles. The van der Waals surface area contributed by atoms with Gasteiger partial charge in [-0.1, -0.05) is 13.3 Å². The van der Waals surface area contributed by atoms with Gasteiger partial charge in [-0.05, 0) is 37.7 Å². The van der Waals surface area contributed by atoms with Gasteiger partial charge in [0.1, 0.15) is 5.41 Å². The van der Waals surface area contributed by atoms with Crippen molar-refractivity contribution in [1.29, 1.82) is 0 Å². The molecule has 2 aliphatic rings. The van der Waals surface area contributed by atoms with Crippen molar-refractivity contribution >= 4 is 29.6 Å². The highest BCUT2D eigenvalue weighted by molar-refractivity contribution is 7.99. The van der Waals surface area contributed by atoms with Crippen LogP contribution >= 0.6 is 11.8 Å². The fourth-order valence-electron chi connectivity index (χ4n) is 2.60. The summed E-state index contributed by atoms with van der Waals surface area (Å²) < 4.78 is 0. The molecule has 5 nitrogen and oxygen atoms in total. The van der Waals surface area contributed by atoms with Crippen molar-refractivity contribution in [3.63, 3.8) is 0 Å². The van der Waals surface area contributed by atoms with E-state index in [0.29, 0.717) is 12.8 Å². The quantitative estimate of drug-likeness (QED) is 0.617. The van der Waals surface area contributed by atoms with E-state index in [1.54, 1.807) is 11.8 Å². The first-order chi connectivity index (χ1) is 9.03.